The molecule has 1 saturated heterocycles. The van der Waals surface area contributed by atoms with Gasteiger partial charge in [0, 0.05) is 6.54 Å². The molecule has 0 aromatic heterocycles. The minimum absolute atomic E-state index is 0.163. The van der Waals surface area contributed by atoms with E-state index < -0.39 is 0 Å². The molecular weight excluding hydrogens is 332 g/mol. The second kappa shape index (κ2) is 7.14. The van der Waals surface area contributed by atoms with Gasteiger partial charge in [-0.05, 0) is 37.0 Å². The summed E-state index contributed by atoms with van der Waals surface area (Å²) in [7, 11) is 0. The number of rotatable bonds is 6. The Labute approximate surface area is 154 Å². The van der Waals surface area contributed by atoms with Crippen LogP contribution >= 0.6 is 0 Å². The van der Waals surface area contributed by atoms with E-state index in [1.165, 1.54) is 24.2 Å². The Morgan fingerprint density at radius 3 is 2.46 bits per heavy atom. The van der Waals surface area contributed by atoms with Gasteiger partial charge in [-0.3, -0.25) is 19.3 Å². The summed E-state index contributed by atoms with van der Waals surface area (Å²) in [4.78, 5) is 38.5. The third-order valence-electron chi connectivity index (χ3n) is 6.65. The van der Waals surface area contributed by atoms with E-state index in [9.17, 15) is 14.4 Å². The fourth-order valence-electron chi connectivity index (χ4n) is 5.25. The molecule has 6 nitrogen and oxygen atoms in total. The highest BCUT2D eigenvalue weighted by Gasteiger charge is 2.59. The number of carbonyl (C=O) groups excluding carboxylic acids is 3. The maximum absolute atomic E-state index is 12.6. The Morgan fingerprint density at radius 1 is 1.15 bits per heavy atom. The Kier molecular flexibility index (Phi) is 4.86. The summed E-state index contributed by atoms with van der Waals surface area (Å²) >= 11 is 0. The van der Waals surface area contributed by atoms with Crippen LogP contribution in [0.25, 0.3) is 0 Å². The molecule has 4 aliphatic rings. The minimum Gasteiger partial charge on any atom is -0.376 e. The molecule has 142 valence electrons. The van der Waals surface area contributed by atoms with Gasteiger partial charge in [0.2, 0.25) is 17.7 Å². The minimum atomic E-state index is -0.285. The van der Waals surface area contributed by atoms with Crippen LogP contribution in [0.2, 0.25) is 0 Å². The van der Waals surface area contributed by atoms with Gasteiger partial charge in [-0.15, -0.1) is 0 Å². The van der Waals surface area contributed by atoms with E-state index in [-0.39, 0.29) is 54.0 Å². The standard InChI is InChI=1S/C20H28N2O4/c1-12-4-2-3-5-15(12)26-9-8-21-16(23)11-22-19(24)17-13-6-7-14(10-13)18(17)20(22)25/h6-7,12-15,17-18H,2-5,8-11H2,1H3,(H,21,23)/t12-,13+,14+,15+,17-,18+/m1/s1. The number of hydrogen-bond acceptors (Lipinski definition) is 4. The van der Waals surface area contributed by atoms with Crippen molar-refractivity contribution >= 4 is 17.7 Å². The van der Waals surface area contributed by atoms with Crippen molar-refractivity contribution in [2.45, 2.75) is 45.1 Å². The van der Waals surface area contributed by atoms with E-state index in [2.05, 4.69) is 24.4 Å². The van der Waals surface area contributed by atoms with E-state index in [0.717, 1.165) is 12.8 Å². The first-order valence-corrected chi connectivity index (χ1v) is 9.98. The number of ether oxygens (including phenoxy) is 1. The Morgan fingerprint density at radius 2 is 1.81 bits per heavy atom. The molecule has 0 unspecified atom stereocenters. The summed E-state index contributed by atoms with van der Waals surface area (Å²) in [5, 5.41) is 2.78. The molecule has 0 radical (unpaired) electrons. The number of hydrogen-bond donors (Lipinski definition) is 1. The first-order valence-electron chi connectivity index (χ1n) is 9.98. The molecule has 1 aliphatic heterocycles. The predicted molar refractivity (Wildman–Crippen MR) is 94.8 cm³/mol. The van der Waals surface area contributed by atoms with E-state index >= 15 is 0 Å². The fraction of sp³-hybridized carbons (Fsp3) is 0.750. The quantitative estimate of drug-likeness (QED) is 0.443. The third-order valence-corrected chi connectivity index (χ3v) is 6.65. The molecule has 3 amide bonds. The second-order valence-corrected chi connectivity index (χ2v) is 8.28. The molecule has 3 fully saturated rings. The summed E-state index contributed by atoms with van der Waals surface area (Å²) in [5.74, 6) is -0.155. The number of likely N-dealkylation sites (tertiary alicyclic amines) is 1. The van der Waals surface area contributed by atoms with Gasteiger partial charge < -0.3 is 10.1 Å². The lowest BCUT2D eigenvalue weighted by Crippen LogP contribution is -2.42. The molecule has 0 spiro atoms. The van der Waals surface area contributed by atoms with Crippen LogP contribution in [0.5, 0.6) is 0 Å². The van der Waals surface area contributed by atoms with Crippen LogP contribution in [0.1, 0.15) is 39.0 Å². The summed E-state index contributed by atoms with van der Waals surface area (Å²) in [6.45, 7) is 2.94. The van der Waals surface area contributed by atoms with Gasteiger partial charge in [0.1, 0.15) is 6.54 Å². The summed E-state index contributed by atoms with van der Waals surface area (Å²) in [5.41, 5.74) is 0. The van der Waals surface area contributed by atoms with Crippen LogP contribution in [-0.2, 0) is 19.1 Å². The summed E-state index contributed by atoms with van der Waals surface area (Å²) in [6, 6.07) is 0. The normalized spacial score (nSPS) is 38.1. The SMILES string of the molecule is C[C@@H]1CCCC[C@@H]1OCCNC(=O)CN1C(=O)[C@@H]2[C@H](C1=O)[C@H]1C=C[C@H]2C1. The molecule has 26 heavy (non-hydrogen) atoms. The molecule has 6 atom stereocenters. The lowest BCUT2D eigenvalue weighted by Gasteiger charge is -2.28. The van der Waals surface area contributed by atoms with Crippen LogP contribution in [0.3, 0.4) is 0 Å². The highest BCUT2D eigenvalue weighted by atomic mass is 16.5. The molecule has 2 saturated carbocycles. The molecule has 4 rings (SSSR count). The van der Waals surface area contributed by atoms with E-state index in [0.29, 0.717) is 19.1 Å². The molecule has 0 aromatic carbocycles. The van der Waals surface area contributed by atoms with Crippen molar-refractivity contribution in [3.63, 3.8) is 0 Å². The van der Waals surface area contributed by atoms with Gasteiger partial charge in [0.25, 0.3) is 0 Å². The van der Waals surface area contributed by atoms with Crippen LogP contribution in [0.4, 0.5) is 0 Å². The second-order valence-electron chi connectivity index (χ2n) is 8.28. The largest absolute Gasteiger partial charge is 0.376 e. The van der Waals surface area contributed by atoms with Gasteiger partial charge in [0.05, 0.1) is 24.5 Å². The predicted octanol–water partition coefficient (Wildman–Crippen LogP) is 1.50. The van der Waals surface area contributed by atoms with Crippen LogP contribution < -0.4 is 5.32 Å². The number of nitrogens with one attached hydrogen (secondary N) is 1. The third kappa shape index (κ3) is 3.08. The van der Waals surface area contributed by atoms with Crippen LogP contribution in [0, 0.1) is 29.6 Å². The molecule has 6 heteroatoms. The number of carbonyl (C=O) groups is 3. The highest BCUT2D eigenvalue weighted by Crippen LogP contribution is 2.52. The van der Waals surface area contributed by atoms with Gasteiger partial charge in [-0.25, -0.2) is 0 Å². The highest BCUT2D eigenvalue weighted by molar-refractivity contribution is 6.08. The lowest BCUT2D eigenvalue weighted by atomic mass is 9.85. The van der Waals surface area contributed by atoms with Crippen molar-refractivity contribution in [1.29, 1.82) is 0 Å². The van der Waals surface area contributed by atoms with Crippen molar-refractivity contribution in [2.75, 3.05) is 19.7 Å². The topological polar surface area (TPSA) is 75.7 Å². The summed E-state index contributed by atoms with van der Waals surface area (Å²) < 4.78 is 5.88. The van der Waals surface area contributed by atoms with E-state index in [1.807, 2.05) is 0 Å². The zero-order valence-corrected chi connectivity index (χ0v) is 15.4. The van der Waals surface area contributed by atoms with Crippen molar-refractivity contribution in [1.82, 2.24) is 10.2 Å². The van der Waals surface area contributed by atoms with Crippen LogP contribution in [0.15, 0.2) is 12.2 Å². The summed E-state index contributed by atoms with van der Waals surface area (Å²) in [6.07, 6.45) is 10.1. The maximum atomic E-state index is 12.6. The van der Waals surface area contributed by atoms with Crippen LogP contribution in [-0.4, -0.2) is 48.4 Å². The number of fused-ring (bicyclic) bond motifs is 5. The zero-order chi connectivity index (χ0) is 18.3. The molecule has 1 heterocycles. The average Bonchev–Trinajstić information content (AvgIpc) is 3.30. The first kappa shape index (κ1) is 17.7. The first-order chi connectivity index (χ1) is 12.6. The molecular formula is C20H28N2O4. The molecule has 3 aliphatic carbocycles. The number of nitrogens with zero attached hydrogens (tertiary/aromatic N) is 1. The van der Waals surface area contributed by atoms with Crippen molar-refractivity contribution in [3.8, 4) is 0 Å². The number of imide groups is 1. The van der Waals surface area contributed by atoms with Gasteiger partial charge in [-0.2, -0.15) is 0 Å². The lowest BCUT2D eigenvalue weighted by molar-refractivity contribution is -0.144. The number of amides is 3. The smallest absolute Gasteiger partial charge is 0.240 e. The van der Waals surface area contributed by atoms with Gasteiger partial charge in [0.15, 0.2) is 0 Å². The van der Waals surface area contributed by atoms with E-state index in [4.69, 9.17) is 4.74 Å². The maximum Gasteiger partial charge on any atom is 0.240 e. The van der Waals surface area contributed by atoms with Gasteiger partial charge >= 0.3 is 0 Å². The van der Waals surface area contributed by atoms with Gasteiger partial charge in [-0.1, -0.05) is 31.9 Å². The molecule has 0 aromatic rings. The monoisotopic (exact) mass is 360 g/mol. The van der Waals surface area contributed by atoms with E-state index in [1.54, 1.807) is 0 Å². The zero-order valence-electron chi connectivity index (χ0n) is 15.4. The Bertz CT molecular complexity index is 601. The van der Waals surface area contributed by atoms with Crippen molar-refractivity contribution in [3.05, 3.63) is 12.2 Å². The molecule has 1 N–H and O–H groups in total. The van der Waals surface area contributed by atoms with Crippen molar-refractivity contribution < 1.29 is 19.1 Å². The molecule has 2 bridgehead atoms. The average molecular weight is 360 g/mol. The van der Waals surface area contributed by atoms with Crippen molar-refractivity contribution in [2.24, 2.45) is 29.6 Å². The number of allylic oxidation sites excluding steroid dienone is 2. The fourth-order valence-corrected chi connectivity index (χ4v) is 5.25. The Balaban J connectivity index is 1.22. The Hall–Kier alpha value is -1.69.